The zero-order valence-corrected chi connectivity index (χ0v) is 12.5. The first-order chi connectivity index (χ1) is 9.58. The zero-order chi connectivity index (χ0) is 14.5. The SMILES string of the molecule is CNC(Cc1cccc(C)c1)Cc1cc(Cl)ccc1F. The largest absolute Gasteiger partial charge is 0.316 e. The normalized spacial score (nSPS) is 12.4. The van der Waals surface area contributed by atoms with Crippen molar-refractivity contribution >= 4 is 11.6 Å². The minimum absolute atomic E-state index is 0.185. The van der Waals surface area contributed by atoms with Crippen molar-refractivity contribution in [2.45, 2.75) is 25.8 Å². The first kappa shape index (κ1) is 15.0. The van der Waals surface area contributed by atoms with E-state index in [9.17, 15) is 4.39 Å². The number of nitrogens with one attached hydrogen (secondary N) is 1. The molecular weight excluding hydrogens is 273 g/mol. The van der Waals surface area contributed by atoms with Gasteiger partial charge < -0.3 is 5.32 Å². The highest BCUT2D eigenvalue weighted by atomic mass is 35.5. The molecule has 0 amide bonds. The smallest absolute Gasteiger partial charge is 0.126 e. The molecule has 106 valence electrons. The minimum atomic E-state index is -0.195. The van der Waals surface area contributed by atoms with Crippen LogP contribution in [0.4, 0.5) is 4.39 Å². The zero-order valence-electron chi connectivity index (χ0n) is 11.8. The summed E-state index contributed by atoms with van der Waals surface area (Å²) < 4.78 is 13.8. The quantitative estimate of drug-likeness (QED) is 0.872. The van der Waals surface area contributed by atoms with Crippen molar-refractivity contribution in [1.29, 1.82) is 0 Å². The van der Waals surface area contributed by atoms with Gasteiger partial charge in [0.25, 0.3) is 0 Å². The summed E-state index contributed by atoms with van der Waals surface area (Å²) in [6, 6.07) is 13.3. The molecule has 2 rings (SSSR count). The van der Waals surface area contributed by atoms with Gasteiger partial charge in [0.2, 0.25) is 0 Å². The van der Waals surface area contributed by atoms with Gasteiger partial charge in [0, 0.05) is 11.1 Å². The molecule has 0 heterocycles. The molecule has 20 heavy (non-hydrogen) atoms. The van der Waals surface area contributed by atoms with Crippen LogP contribution < -0.4 is 5.32 Å². The van der Waals surface area contributed by atoms with E-state index in [1.165, 1.54) is 17.2 Å². The number of rotatable bonds is 5. The summed E-state index contributed by atoms with van der Waals surface area (Å²) in [5.74, 6) is -0.195. The maximum absolute atomic E-state index is 13.8. The Morgan fingerprint density at radius 1 is 1.15 bits per heavy atom. The maximum Gasteiger partial charge on any atom is 0.126 e. The highest BCUT2D eigenvalue weighted by Gasteiger charge is 2.12. The van der Waals surface area contributed by atoms with E-state index >= 15 is 0 Å². The molecule has 0 bridgehead atoms. The van der Waals surface area contributed by atoms with Gasteiger partial charge in [-0.25, -0.2) is 4.39 Å². The molecule has 0 aliphatic carbocycles. The molecule has 2 aromatic rings. The van der Waals surface area contributed by atoms with Crippen LogP contribution in [0.2, 0.25) is 5.02 Å². The molecule has 0 radical (unpaired) electrons. The van der Waals surface area contributed by atoms with Crippen LogP contribution >= 0.6 is 11.6 Å². The van der Waals surface area contributed by atoms with Crippen LogP contribution in [0.5, 0.6) is 0 Å². The average molecular weight is 292 g/mol. The summed E-state index contributed by atoms with van der Waals surface area (Å²) in [4.78, 5) is 0. The van der Waals surface area contributed by atoms with Crippen molar-refractivity contribution in [2.75, 3.05) is 7.05 Å². The minimum Gasteiger partial charge on any atom is -0.316 e. The number of hydrogen-bond donors (Lipinski definition) is 1. The van der Waals surface area contributed by atoms with Gasteiger partial charge in [0.15, 0.2) is 0 Å². The van der Waals surface area contributed by atoms with Crippen LogP contribution in [-0.4, -0.2) is 13.1 Å². The summed E-state index contributed by atoms with van der Waals surface area (Å²) in [6.07, 6.45) is 1.49. The lowest BCUT2D eigenvalue weighted by molar-refractivity contribution is 0.532. The third-order valence-electron chi connectivity index (χ3n) is 3.45. The van der Waals surface area contributed by atoms with Gasteiger partial charge in [-0.2, -0.15) is 0 Å². The predicted molar refractivity (Wildman–Crippen MR) is 82.8 cm³/mol. The molecule has 2 aromatic carbocycles. The summed E-state index contributed by atoms with van der Waals surface area (Å²) in [7, 11) is 1.91. The molecule has 0 saturated heterocycles. The van der Waals surface area contributed by atoms with E-state index in [2.05, 4.69) is 36.5 Å². The number of benzene rings is 2. The van der Waals surface area contributed by atoms with Crippen LogP contribution in [0.15, 0.2) is 42.5 Å². The lowest BCUT2D eigenvalue weighted by atomic mass is 9.98. The molecule has 0 aromatic heterocycles. The van der Waals surface area contributed by atoms with E-state index < -0.39 is 0 Å². The van der Waals surface area contributed by atoms with Crippen molar-refractivity contribution in [3.05, 3.63) is 70.0 Å². The lowest BCUT2D eigenvalue weighted by Gasteiger charge is -2.17. The monoisotopic (exact) mass is 291 g/mol. The van der Waals surface area contributed by atoms with Gasteiger partial charge in [-0.1, -0.05) is 41.4 Å². The molecule has 1 unspecified atom stereocenters. The lowest BCUT2D eigenvalue weighted by Crippen LogP contribution is -2.30. The van der Waals surface area contributed by atoms with Crippen LogP contribution in [0.1, 0.15) is 16.7 Å². The molecule has 3 heteroatoms. The molecule has 0 aliphatic heterocycles. The van der Waals surface area contributed by atoms with Gasteiger partial charge in [-0.3, -0.25) is 0 Å². The molecule has 0 saturated carbocycles. The molecule has 1 nitrogen and oxygen atoms in total. The van der Waals surface area contributed by atoms with Crippen molar-refractivity contribution in [1.82, 2.24) is 5.32 Å². The summed E-state index contributed by atoms with van der Waals surface area (Å²) in [6.45, 7) is 2.08. The van der Waals surface area contributed by atoms with E-state index in [0.717, 1.165) is 6.42 Å². The highest BCUT2D eigenvalue weighted by molar-refractivity contribution is 6.30. The Labute approximate surface area is 124 Å². The third-order valence-corrected chi connectivity index (χ3v) is 3.68. The fourth-order valence-electron chi connectivity index (χ4n) is 2.37. The Balaban J connectivity index is 2.11. The fourth-order valence-corrected chi connectivity index (χ4v) is 2.56. The second-order valence-electron chi connectivity index (χ2n) is 5.12. The van der Waals surface area contributed by atoms with E-state index in [-0.39, 0.29) is 11.9 Å². The van der Waals surface area contributed by atoms with Gasteiger partial charge in [-0.05, 0) is 56.1 Å². The Morgan fingerprint density at radius 3 is 2.65 bits per heavy atom. The van der Waals surface area contributed by atoms with Crippen LogP contribution in [0, 0.1) is 12.7 Å². The topological polar surface area (TPSA) is 12.0 Å². The van der Waals surface area contributed by atoms with Gasteiger partial charge in [-0.15, -0.1) is 0 Å². The number of aryl methyl sites for hydroxylation is 1. The van der Waals surface area contributed by atoms with Crippen LogP contribution in [-0.2, 0) is 12.8 Å². The van der Waals surface area contributed by atoms with Crippen molar-refractivity contribution in [2.24, 2.45) is 0 Å². The van der Waals surface area contributed by atoms with E-state index in [0.29, 0.717) is 17.0 Å². The Kier molecular flexibility index (Phi) is 5.16. The van der Waals surface area contributed by atoms with Gasteiger partial charge >= 0.3 is 0 Å². The highest BCUT2D eigenvalue weighted by Crippen LogP contribution is 2.18. The van der Waals surface area contributed by atoms with Crippen LogP contribution in [0.25, 0.3) is 0 Å². The molecule has 1 N–H and O–H groups in total. The van der Waals surface area contributed by atoms with Crippen LogP contribution in [0.3, 0.4) is 0 Å². The molecule has 0 fully saturated rings. The average Bonchev–Trinajstić information content (AvgIpc) is 2.42. The van der Waals surface area contributed by atoms with Crippen molar-refractivity contribution < 1.29 is 4.39 Å². The van der Waals surface area contributed by atoms with E-state index in [1.54, 1.807) is 12.1 Å². The number of hydrogen-bond acceptors (Lipinski definition) is 1. The second kappa shape index (κ2) is 6.87. The van der Waals surface area contributed by atoms with Crippen molar-refractivity contribution in [3.63, 3.8) is 0 Å². The predicted octanol–water partition coefficient (Wildman–Crippen LogP) is 4.16. The Hall–Kier alpha value is -1.38. The molecule has 1 atom stereocenters. The second-order valence-corrected chi connectivity index (χ2v) is 5.56. The third kappa shape index (κ3) is 4.06. The molecule has 0 spiro atoms. The first-order valence-corrected chi connectivity index (χ1v) is 7.13. The van der Waals surface area contributed by atoms with Gasteiger partial charge in [0.1, 0.15) is 5.82 Å². The summed E-state index contributed by atoms with van der Waals surface area (Å²) in [5, 5.41) is 3.83. The van der Waals surface area contributed by atoms with Crippen molar-refractivity contribution in [3.8, 4) is 0 Å². The summed E-state index contributed by atoms with van der Waals surface area (Å²) in [5.41, 5.74) is 3.16. The summed E-state index contributed by atoms with van der Waals surface area (Å²) >= 11 is 5.94. The Morgan fingerprint density at radius 2 is 1.95 bits per heavy atom. The first-order valence-electron chi connectivity index (χ1n) is 6.75. The van der Waals surface area contributed by atoms with E-state index in [4.69, 9.17) is 11.6 Å². The standard InChI is InChI=1S/C17H19ClFN/c1-12-4-3-5-13(8-12)9-16(20-2)11-14-10-15(18)6-7-17(14)19/h3-8,10,16,20H,9,11H2,1-2H3. The molecular formula is C17H19ClFN. The maximum atomic E-state index is 13.8. The number of halogens is 2. The van der Waals surface area contributed by atoms with Gasteiger partial charge in [0.05, 0.1) is 0 Å². The molecule has 0 aliphatic rings. The van der Waals surface area contributed by atoms with E-state index in [1.807, 2.05) is 7.05 Å². The fraction of sp³-hybridized carbons (Fsp3) is 0.294. The number of likely N-dealkylation sites (N-methyl/N-ethyl adjacent to an activating group) is 1. The Bertz CT molecular complexity index is 583.